The summed E-state index contributed by atoms with van der Waals surface area (Å²) in [7, 11) is -2.46. The molecule has 0 saturated carbocycles. The second-order valence-electron chi connectivity index (χ2n) is 5.00. The molecule has 6 nitrogen and oxygen atoms in total. The fraction of sp³-hybridized carbons (Fsp3) is 0.200. The lowest BCUT2D eigenvalue weighted by Crippen LogP contribution is -2.29. The van der Waals surface area contributed by atoms with Gasteiger partial charge in [-0.05, 0) is 36.8 Å². The molecule has 0 fully saturated rings. The van der Waals surface area contributed by atoms with Crippen LogP contribution in [-0.2, 0) is 10.0 Å². The molecule has 0 spiro atoms. The van der Waals surface area contributed by atoms with Gasteiger partial charge in [-0.2, -0.15) is 4.31 Å². The first kappa shape index (κ1) is 17.0. The predicted octanol–water partition coefficient (Wildman–Crippen LogP) is 3.12. The lowest BCUT2D eigenvalue weighted by molar-refractivity contribution is -0.384. The van der Waals surface area contributed by atoms with Gasteiger partial charge in [-0.3, -0.25) is 10.1 Å². The van der Waals surface area contributed by atoms with Crippen LogP contribution in [0.1, 0.15) is 18.5 Å². The Kier molecular flexibility index (Phi) is 4.76. The maximum atomic E-state index is 12.9. The van der Waals surface area contributed by atoms with E-state index in [1.165, 1.54) is 37.4 Å². The first-order valence-corrected chi connectivity index (χ1v) is 8.15. The Morgan fingerprint density at radius 1 is 1.17 bits per heavy atom. The lowest BCUT2D eigenvalue weighted by atomic mass is 10.1. The Bertz CT molecular complexity index is 822. The van der Waals surface area contributed by atoms with Gasteiger partial charge in [0.25, 0.3) is 5.69 Å². The van der Waals surface area contributed by atoms with Crippen molar-refractivity contribution in [2.45, 2.75) is 17.9 Å². The molecule has 0 aliphatic carbocycles. The molecule has 0 aromatic heterocycles. The number of nitro benzene ring substituents is 1. The summed E-state index contributed by atoms with van der Waals surface area (Å²) in [6, 6.07) is 9.67. The largest absolute Gasteiger partial charge is 0.269 e. The average Bonchev–Trinajstić information content (AvgIpc) is 2.54. The summed E-state index contributed by atoms with van der Waals surface area (Å²) < 4.78 is 39.1. The Balaban J connectivity index is 2.35. The van der Waals surface area contributed by atoms with E-state index in [4.69, 9.17) is 0 Å². The molecular weight excluding hydrogens is 323 g/mol. The second kappa shape index (κ2) is 6.43. The molecule has 122 valence electrons. The van der Waals surface area contributed by atoms with Crippen molar-refractivity contribution >= 4 is 15.7 Å². The van der Waals surface area contributed by atoms with E-state index in [2.05, 4.69) is 0 Å². The zero-order valence-corrected chi connectivity index (χ0v) is 13.3. The van der Waals surface area contributed by atoms with E-state index in [0.717, 1.165) is 16.4 Å². The average molecular weight is 338 g/mol. The molecule has 2 rings (SSSR count). The smallest absolute Gasteiger partial charge is 0.258 e. The molecule has 23 heavy (non-hydrogen) atoms. The van der Waals surface area contributed by atoms with Gasteiger partial charge < -0.3 is 0 Å². The summed E-state index contributed by atoms with van der Waals surface area (Å²) >= 11 is 0. The van der Waals surface area contributed by atoms with Gasteiger partial charge in [0.2, 0.25) is 10.0 Å². The molecular formula is C15H15FN2O4S. The summed E-state index contributed by atoms with van der Waals surface area (Å²) in [5.74, 6) is -0.529. The molecule has 0 heterocycles. The number of nitro groups is 1. The van der Waals surface area contributed by atoms with Crippen LogP contribution >= 0.6 is 0 Å². The third-order valence-corrected chi connectivity index (χ3v) is 5.54. The Morgan fingerprint density at radius 3 is 2.35 bits per heavy atom. The molecule has 2 aromatic carbocycles. The number of halogens is 1. The number of hydrogen-bond donors (Lipinski definition) is 0. The summed E-state index contributed by atoms with van der Waals surface area (Å²) in [5, 5.41) is 10.8. The maximum absolute atomic E-state index is 12.9. The fourth-order valence-corrected chi connectivity index (χ4v) is 3.44. The van der Waals surface area contributed by atoms with E-state index in [0.29, 0.717) is 5.56 Å². The molecule has 1 atom stereocenters. The SMILES string of the molecule is CC(c1cccc([N+](=O)[O-])c1)N(C)S(=O)(=O)c1ccc(F)cc1. The molecule has 0 aliphatic rings. The van der Waals surface area contributed by atoms with Crippen molar-refractivity contribution in [3.8, 4) is 0 Å². The van der Waals surface area contributed by atoms with Gasteiger partial charge in [-0.25, -0.2) is 12.8 Å². The molecule has 2 aromatic rings. The summed E-state index contributed by atoms with van der Waals surface area (Å²) in [6.45, 7) is 1.63. The van der Waals surface area contributed by atoms with E-state index < -0.39 is 26.8 Å². The van der Waals surface area contributed by atoms with E-state index in [1.54, 1.807) is 13.0 Å². The van der Waals surface area contributed by atoms with E-state index >= 15 is 0 Å². The third kappa shape index (κ3) is 3.54. The molecule has 8 heteroatoms. The Morgan fingerprint density at radius 2 is 1.78 bits per heavy atom. The number of rotatable bonds is 5. The predicted molar refractivity (Wildman–Crippen MR) is 82.9 cm³/mol. The minimum atomic E-state index is -3.84. The topological polar surface area (TPSA) is 80.5 Å². The minimum absolute atomic E-state index is 0.0429. The van der Waals surface area contributed by atoms with E-state index in [1.807, 2.05) is 0 Å². The highest BCUT2D eigenvalue weighted by Gasteiger charge is 2.27. The van der Waals surface area contributed by atoms with E-state index in [-0.39, 0.29) is 10.6 Å². The van der Waals surface area contributed by atoms with Crippen LogP contribution in [0.4, 0.5) is 10.1 Å². The van der Waals surface area contributed by atoms with Crippen molar-refractivity contribution in [2.24, 2.45) is 0 Å². The van der Waals surface area contributed by atoms with Crippen molar-refractivity contribution in [2.75, 3.05) is 7.05 Å². The van der Waals surface area contributed by atoms with Crippen molar-refractivity contribution in [1.29, 1.82) is 0 Å². The number of nitrogens with zero attached hydrogens (tertiary/aromatic N) is 2. The second-order valence-corrected chi connectivity index (χ2v) is 7.00. The van der Waals surface area contributed by atoms with Crippen LogP contribution in [0.15, 0.2) is 53.4 Å². The molecule has 0 radical (unpaired) electrons. The highest BCUT2D eigenvalue weighted by molar-refractivity contribution is 7.89. The number of benzene rings is 2. The molecule has 1 unspecified atom stereocenters. The minimum Gasteiger partial charge on any atom is -0.258 e. The normalized spacial score (nSPS) is 13.0. The molecule has 0 saturated heterocycles. The molecule has 0 bridgehead atoms. The van der Waals surface area contributed by atoms with Crippen molar-refractivity contribution in [3.63, 3.8) is 0 Å². The lowest BCUT2D eigenvalue weighted by Gasteiger charge is -2.24. The first-order valence-electron chi connectivity index (χ1n) is 6.71. The number of hydrogen-bond acceptors (Lipinski definition) is 4. The summed E-state index contributed by atoms with van der Waals surface area (Å²) in [4.78, 5) is 10.3. The van der Waals surface area contributed by atoms with Crippen molar-refractivity contribution in [1.82, 2.24) is 4.31 Å². The molecule has 0 N–H and O–H groups in total. The van der Waals surface area contributed by atoms with Gasteiger partial charge in [0, 0.05) is 25.2 Å². The quantitative estimate of drug-likeness (QED) is 0.620. The molecule has 0 aliphatic heterocycles. The Labute approximate surface area is 133 Å². The van der Waals surface area contributed by atoms with Gasteiger partial charge in [-0.15, -0.1) is 0 Å². The first-order chi connectivity index (χ1) is 10.7. The van der Waals surface area contributed by atoms with Crippen LogP contribution in [0, 0.1) is 15.9 Å². The summed E-state index contributed by atoms with van der Waals surface area (Å²) in [5.41, 5.74) is 0.384. The number of sulfonamides is 1. The highest BCUT2D eigenvalue weighted by atomic mass is 32.2. The van der Waals surface area contributed by atoms with Crippen molar-refractivity contribution in [3.05, 3.63) is 70.0 Å². The van der Waals surface area contributed by atoms with Gasteiger partial charge in [0.1, 0.15) is 5.82 Å². The van der Waals surface area contributed by atoms with Crippen LogP contribution in [-0.4, -0.2) is 24.7 Å². The molecule has 0 amide bonds. The van der Waals surface area contributed by atoms with Crippen LogP contribution in [0.5, 0.6) is 0 Å². The monoisotopic (exact) mass is 338 g/mol. The summed E-state index contributed by atoms with van der Waals surface area (Å²) in [6.07, 6.45) is 0. The third-order valence-electron chi connectivity index (χ3n) is 3.60. The maximum Gasteiger partial charge on any atom is 0.269 e. The van der Waals surface area contributed by atoms with Crippen LogP contribution in [0.3, 0.4) is 0 Å². The Hall–Kier alpha value is -2.32. The zero-order chi connectivity index (χ0) is 17.2. The zero-order valence-electron chi connectivity index (χ0n) is 12.5. The van der Waals surface area contributed by atoms with Crippen LogP contribution in [0.2, 0.25) is 0 Å². The highest BCUT2D eigenvalue weighted by Crippen LogP contribution is 2.27. The van der Waals surface area contributed by atoms with E-state index in [9.17, 15) is 22.9 Å². The van der Waals surface area contributed by atoms with Gasteiger partial charge in [0.05, 0.1) is 9.82 Å². The van der Waals surface area contributed by atoms with Crippen molar-refractivity contribution < 1.29 is 17.7 Å². The standard InChI is InChI=1S/C15H15FN2O4S/c1-11(12-4-3-5-14(10-12)18(19)20)17(2)23(21,22)15-8-6-13(16)7-9-15/h3-11H,1-2H3. The van der Waals surface area contributed by atoms with Crippen LogP contribution < -0.4 is 0 Å². The van der Waals surface area contributed by atoms with Gasteiger partial charge >= 0.3 is 0 Å². The van der Waals surface area contributed by atoms with Gasteiger partial charge in [-0.1, -0.05) is 12.1 Å². The van der Waals surface area contributed by atoms with Gasteiger partial charge in [0.15, 0.2) is 0 Å². The fourth-order valence-electron chi connectivity index (χ4n) is 2.09. The van der Waals surface area contributed by atoms with Crippen LogP contribution in [0.25, 0.3) is 0 Å². The number of non-ortho nitro benzene ring substituents is 1.